The minimum Gasteiger partial charge on any atom is -0.338 e. The number of rotatable bonds is 4. The van der Waals surface area contributed by atoms with Gasteiger partial charge in [-0.15, -0.1) is 11.3 Å². The molecule has 2 aromatic rings. The van der Waals surface area contributed by atoms with E-state index in [9.17, 15) is 9.59 Å². The van der Waals surface area contributed by atoms with Crippen LogP contribution in [0, 0.1) is 6.92 Å². The number of likely N-dealkylation sites (tertiary alicyclic amines) is 2. The van der Waals surface area contributed by atoms with Crippen molar-refractivity contribution in [3.05, 3.63) is 40.4 Å². The number of aromatic nitrogens is 1. The zero-order valence-electron chi connectivity index (χ0n) is 17.3. The van der Waals surface area contributed by atoms with Gasteiger partial charge in [0.1, 0.15) is 9.88 Å². The number of thiazole rings is 1. The van der Waals surface area contributed by atoms with Crippen LogP contribution in [0.1, 0.15) is 64.8 Å². The summed E-state index contributed by atoms with van der Waals surface area (Å²) in [5.41, 5.74) is 2.35. The van der Waals surface area contributed by atoms with Gasteiger partial charge in [-0.25, -0.2) is 4.98 Å². The van der Waals surface area contributed by atoms with Gasteiger partial charge < -0.3 is 9.80 Å². The Kier molecular flexibility index (Phi) is 6.11. The molecule has 2 aliphatic heterocycles. The second-order valence-corrected chi connectivity index (χ2v) is 9.19. The van der Waals surface area contributed by atoms with Gasteiger partial charge in [-0.3, -0.25) is 9.59 Å². The lowest BCUT2D eigenvalue weighted by molar-refractivity contribution is 0.0593. The Hall–Kier alpha value is -2.05. The van der Waals surface area contributed by atoms with Gasteiger partial charge in [0.15, 0.2) is 5.78 Å². The second kappa shape index (κ2) is 8.76. The number of hydrogen-bond acceptors (Lipinski definition) is 5. The van der Waals surface area contributed by atoms with E-state index >= 15 is 0 Å². The average Bonchev–Trinajstić information content (AvgIpc) is 3.15. The summed E-state index contributed by atoms with van der Waals surface area (Å²) in [6.45, 7) is 7.56. The summed E-state index contributed by atoms with van der Waals surface area (Å²) < 4.78 is 0. The summed E-state index contributed by atoms with van der Waals surface area (Å²) in [6, 6.07) is 8.12. The summed E-state index contributed by atoms with van der Waals surface area (Å²) in [7, 11) is 0. The molecule has 1 aromatic heterocycles. The molecule has 29 heavy (non-hydrogen) atoms. The van der Waals surface area contributed by atoms with Gasteiger partial charge in [-0.2, -0.15) is 0 Å². The van der Waals surface area contributed by atoms with Crippen molar-refractivity contribution >= 4 is 23.0 Å². The number of amides is 1. The highest BCUT2D eigenvalue weighted by atomic mass is 32.1. The molecule has 154 valence electrons. The number of carbonyl (C=O) groups is 2. The van der Waals surface area contributed by atoms with Crippen LogP contribution in [-0.2, 0) is 0 Å². The van der Waals surface area contributed by atoms with Gasteiger partial charge >= 0.3 is 0 Å². The molecule has 1 amide bonds. The largest absolute Gasteiger partial charge is 0.338 e. The molecule has 0 saturated carbocycles. The fourth-order valence-corrected chi connectivity index (χ4v) is 5.48. The first-order valence-corrected chi connectivity index (χ1v) is 11.5. The molecule has 6 heteroatoms. The zero-order valence-corrected chi connectivity index (χ0v) is 18.1. The normalized spacial score (nSPS) is 18.8. The molecule has 3 heterocycles. The molecule has 0 unspecified atom stereocenters. The van der Waals surface area contributed by atoms with Crippen LogP contribution in [0.15, 0.2) is 24.3 Å². The van der Waals surface area contributed by atoms with Crippen molar-refractivity contribution in [2.24, 2.45) is 0 Å². The molecule has 0 bridgehead atoms. The molecular weight excluding hydrogens is 382 g/mol. The predicted octanol–water partition coefficient (Wildman–Crippen LogP) is 4.41. The molecule has 0 atom stereocenters. The van der Waals surface area contributed by atoms with Gasteiger partial charge in [0.25, 0.3) is 5.91 Å². The topological polar surface area (TPSA) is 53.5 Å². The predicted molar refractivity (Wildman–Crippen MR) is 117 cm³/mol. The van der Waals surface area contributed by atoms with Crippen molar-refractivity contribution in [1.29, 1.82) is 0 Å². The van der Waals surface area contributed by atoms with Crippen molar-refractivity contribution in [2.75, 3.05) is 26.2 Å². The molecule has 2 fully saturated rings. The summed E-state index contributed by atoms with van der Waals surface area (Å²) >= 11 is 1.44. The summed E-state index contributed by atoms with van der Waals surface area (Å²) in [5.74, 6) is 0.138. The summed E-state index contributed by atoms with van der Waals surface area (Å²) in [5, 5.41) is 0.803. The number of carbonyl (C=O) groups excluding carboxylic acids is 2. The fraction of sp³-hybridized carbons (Fsp3) is 0.522. The van der Waals surface area contributed by atoms with Crippen LogP contribution in [0.25, 0.3) is 10.6 Å². The van der Waals surface area contributed by atoms with Crippen molar-refractivity contribution in [1.82, 2.24) is 14.8 Å². The Morgan fingerprint density at radius 3 is 2.48 bits per heavy atom. The first kappa shape index (κ1) is 20.2. The molecule has 0 aliphatic carbocycles. The zero-order chi connectivity index (χ0) is 20.4. The number of ketones is 1. The van der Waals surface area contributed by atoms with Gasteiger partial charge in [0.2, 0.25) is 0 Å². The smallest absolute Gasteiger partial charge is 0.265 e. The van der Waals surface area contributed by atoms with Crippen LogP contribution in [0.5, 0.6) is 0 Å². The standard InChI is InChI=1S/C23H29N3O2S/c1-16-21(29-22(24-16)19-8-6-7-18(15-19)17(2)27)23(28)26-13-9-20(10-14-26)25-11-4-3-5-12-25/h6-8,15,20H,3-5,9-14H2,1-2H3. The van der Waals surface area contributed by atoms with E-state index in [2.05, 4.69) is 9.88 Å². The summed E-state index contributed by atoms with van der Waals surface area (Å²) in [4.78, 5) is 34.8. The van der Waals surface area contributed by atoms with Crippen molar-refractivity contribution in [2.45, 2.75) is 52.0 Å². The second-order valence-electron chi connectivity index (χ2n) is 8.19. The van der Waals surface area contributed by atoms with E-state index in [4.69, 9.17) is 0 Å². The molecule has 0 radical (unpaired) electrons. The lowest BCUT2D eigenvalue weighted by Crippen LogP contribution is -2.48. The van der Waals surface area contributed by atoms with E-state index in [1.165, 1.54) is 43.7 Å². The molecule has 1 aromatic carbocycles. The maximum Gasteiger partial charge on any atom is 0.265 e. The molecule has 4 rings (SSSR count). The number of Topliss-reactive ketones (excluding diaryl/α,β-unsaturated/α-hetero) is 1. The first-order chi connectivity index (χ1) is 14.0. The van der Waals surface area contributed by atoms with Gasteiger partial charge in [-0.05, 0) is 58.7 Å². The van der Waals surface area contributed by atoms with Crippen LogP contribution in [-0.4, -0.2) is 58.7 Å². The SMILES string of the molecule is CC(=O)c1cccc(-c2nc(C)c(C(=O)N3CCC(N4CCCCC4)CC3)s2)c1. The molecule has 5 nitrogen and oxygen atoms in total. The molecule has 2 saturated heterocycles. The first-order valence-electron chi connectivity index (χ1n) is 10.6. The minimum atomic E-state index is 0.0352. The highest BCUT2D eigenvalue weighted by Gasteiger charge is 2.29. The highest BCUT2D eigenvalue weighted by molar-refractivity contribution is 7.17. The van der Waals surface area contributed by atoms with E-state index in [1.807, 2.05) is 36.1 Å². The quantitative estimate of drug-likeness (QED) is 0.699. The van der Waals surface area contributed by atoms with Gasteiger partial charge in [0, 0.05) is 30.3 Å². The lowest BCUT2D eigenvalue weighted by atomic mass is 10.00. The Bertz CT molecular complexity index is 893. The molecule has 2 aliphatic rings. The highest BCUT2D eigenvalue weighted by Crippen LogP contribution is 2.30. The average molecular weight is 412 g/mol. The molecule has 0 N–H and O–H groups in total. The lowest BCUT2D eigenvalue weighted by Gasteiger charge is -2.40. The third kappa shape index (κ3) is 4.43. The van der Waals surface area contributed by atoms with Crippen LogP contribution >= 0.6 is 11.3 Å². The van der Waals surface area contributed by atoms with E-state index in [-0.39, 0.29) is 11.7 Å². The van der Waals surface area contributed by atoms with Crippen molar-refractivity contribution < 1.29 is 9.59 Å². The minimum absolute atomic E-state index is 0.0352. The van der Waals surface area contributed by atoms with Crippen LogP contribution in [0.3, 0.4) is 0 Å². The Balaban J connectivity index is 1.44. The van der Waals surface area contributed by atoms with E-state index in [0.717, 1.165) is 47.1 Å². The van der Waals surface area contributed by atoms with Crippen molar-refractivity contribution in [3.63, 3.8) is 0 Å². The van der Waals surface area contributed by atoms with E-state index in [1.54, 1.807) is 6.92 Å². The Labute approximate surface area is 176 Å². The Morgan fingerprint density at radius 2 is 1.79 bits per heavy atom. The van der Waals surface area contributed by atoms with Gasteiger partial charge in [0.05, 0.1) is 5.69 Å². The third-order valence-electron chi connectivity index (χ3n) is 6.17. The summed E-state index contributed by atoms with van der Waals surface area (Å²) in [6.07, 6.45) is 6.12. The number of benzene rings is 1. The van der Waals surface area contributed by atoms with E-state index in [0.29, 0.717) is 11.6 Å². The molecule has 0 spiro atoms. The molecular formula is C23H29N3O2S. The van der Waals surface area contributed by atoms with Crippen LogP contribution < -0.4 is 0 Å². The number of nitrogens with zero attached hydrogens (tertiary/aromatic N) is 3. The maximum absolute atomic E-state index is 13.2. The van der Waals surface area contributed by atoms with Crippen LogP contribution in [0.4, 0.5) is 0 Å². The fourth-order valence-electron chi connectivity index (χ4n) is 4.45. The van der Waals surface area contributed by atoms with Crippen molar-refractivity contribution in [3.8, 4) is 10.6 Å². The number of hydrogen-bond donors (Lipinski definition) is 0. The van der Waals surface area contributed by atoms with Gasteiger partial charge in [-0.1, -0.05) is 24.6 Å². The third-order valence-corrected chi connectivity index (χ3v) is 7.36. The number of aryl methyl sites for hydroxylation is 1. The van der Waals surface area contributed by atoms with E-state index < -0.39 is 0 Å². The monoisotopic (exact) mass is 411 g/mol. The van der Waals surface area contributed by atoms with Crippen LogP contribution in [0.2, 0.25) is 0 Å². The number of piperidine rings is 2. The maximum atomic E-state index is 13.2. The Morgan fingerprint density at radius 1 is 1.07 bits per heavy atom.